The molecular formula is C17H25N3O2. The van der Waals surface area contributed by atoms with Crippen molar-refractivity contribution >= 4 is 17.6 Å². The minimum Gasteiger partial charge on any atom is -0.349 e. The van der Waals surface area contributed by atoms with E-state index >= 15 is 0 Å². The molecule has 1 aliphatic carbocycles. The van der Waals surface area contributed by atoms with Gasteiger partial charge in [0.25, 0.3) is 5.91 Å². The van der Waals surface area contributed by atoms with E-state index in [1.807, 2.05) is 19.9 Å². The van der Waals surface area contributed by atoms with Gasteiger partial charge in [0.1, 0.15) is 0 Å². The Balaban J connectivity index is 2.03. The Bertz CT molecular complexity index is 522. The number of urea groups is 1. The molecule has 2 rings (SSSR count). The summed E-state index contributed by atoms with van der Waals surface area (Å²) in [5.74, 6) is -0.118. The molecule has 0 spiro atoms. The Morgan fingerprint density at radius 2 is 1.77 bits per heavy atom. The number of hydrogen-bond acceptors (Lipinski definition) is 2. The molecule has 5 heteroatoms. The highest BCUT2D eigenvalue weighted by Gasteiger charge is 2.19. The molecule has 5 nitrogen and oxygen atoms in total. The molecule has 0 aromatic heterocycles. The molecule has 1 fully saturated rings. The highest BCUT2D eigenvalue weighted by molar-refractivity contribution is 6.03. The predicted octanol–water partition coefficient (Wildman–Crippen LogP) is 3.28. The van der Waals surface area contributed by atoms with Crippen LogP contribution in [-0.4, -0.2) is 24.0 Å². The zero-order chi connectivity index (χ0) is 15.9. The number of anilines is 1. The van der Waals surface area contributed by atoms with Crippen LogP contribution in [0.5, 0.6) is 0 Å². The fraction of sp³-hybridized carbons (Fsp3) is 0.529. The lowest BCUT2D eigenvalue weighted by molar-refractivity contribution is 0.0928. The summed E-state index contributed by atoms with van der Waals surface area (Å²) in [5.41, 5.74) is 1.04. The van der Waals surface area contributed by atoms with Crippen molar-refractivity contribution in [2.75, 3.05) is 5.32 Å². The van der Waals surface area contributed by atoms with Crippen LogP contribution in [0.2, 0.25) is 0 Å². The van der Waals surface area contributed by atoms with Crippen molar-refractivity contribution in [2.24, 2.45) is 0 Å². The summed E-state index contributed by atoms with van der Waals surface area (Å²) >= 11 is 0. The van der Waals surface area contributed by atoms with Crippen molar-refractivity contribution in [2.45, 2.75) is 58.0 Å². The molecule has 1 aliphatic rings. The second-order valence-electron chi connectivity index (χ2n) is 6.11. The lowest BCUT2D eigenvalue weighted by atomic mass is 9.95. The van der Waals surface area contributed by atoms with E-state index in [1.165, 1.54) is 19.3 Å². The monoisotopic (exact) mass is 303 g/mol. The first-order valence-electron chi connectivity index (χ1n) is 8.03. The standard InChI is InChI=1S/C17H25N3O2/c1-12(2)18-17(22)20-15-11-7-6-10-14(15)16(21)19-13-8-4-3-5-9-13/h6-7,10-13H,3-5,8-9H2,1-2H3,(H,19,21)(H2,18,20,22). The maximum atomic E-state index is 12.5. The van der Waals surface area contributed by atoms with Crippen LogP contribution in [0.25, 0.3) is 0 Å². The van der Waals surface area contributed by atoms with Crippen molar-refractivity contribution in [1.82, 2.24) is 10.6 Å². The molecule has 22 heavy (non-hydrogen) atoms. The molecule has 1 saturated carbocycles. The van der Waals surface area contributed by atoms with Gasteiger partial charge >= 0.3 is 6.03 Å². The van der Waals surface area contributed by atoms with Crippen molar-refractivity contribution in [3.8, 4) is 0 Å². The molecule has 0 radical (unpaired) electrons. The van der Waals surface area contributed by atoms with Gasteiger partial charge in [-0.2, -0.15) is 0 Å². The lowest BCUT2D eigenvalue weighted by Crippen LogP contribution is -2.37. The highest BCUT2D eigenvalue weighted by atomic mass is 16.2. The summed E-state index contributed by atoms with van der Waals surface area (Å²) in [6, 6.07) is 7.10. The smallest absolute Gasteiger partial charge is 0.319 e. The summed E-state index contributed by atoms with van der Waals surface area (Å²) in [4.78, 5) is 24.3. The number of carbonyl (C=O) groups excluding carboxylic acids is 2. The number of para-hydroxylation sites is 1. The van der Waals surface area contributed by atoms with Gasteiger partial charge in [0, 0.05) is 12.1 Å². The topological polar surface area (TPSA) is 70.2 Å². The van der Waals surface area contributed by atoms with Gasteiger partial charge in [-0.15, -0.1) is 0 Å². The Morgan fingerprint density at radius 3 is 2.45 bits per heavy atom. The van der Waals surface area contributed by atoms with E-state index in [2.05, 4.69) is 16.0 Å². The van der Waals surface area contributed by atoms with Crippen molar-refractivity contribution in [3.05, 3.63) is 29.8 Å². The van der Waals surface area contributed by atoms with Gasteiger partial charge in [-0.3, -0.25) is 4.79 Å². The van der Waals surface area contributed by atoms with Gasteiger partial charge in [0.05, 0.1) is 11.3 Å². The second-order valence-corrected chi connectivity index (χ2v) is 6.11. The van der Waals surface area contributed by atoms with Crippen LogP contribution in [0.4, 0.5) is 10.5 Å². The number of amides is 3. The van der Waals surface area contributed by atoms with Gasteiger partial charge in [-0.25, -0.2) is 4.79 Å². The van der Waals surface area contributed by atoms with Gasteiger partial charge in [-0.05, 0) is 38.8 Å². The molecule has 120 valence electrons. The van der Waals surface area contributed by atoms with Crippen LogP contribution in [0, 0.1) is 0 Å². The summed E-state index contributed by atoms with van der Waals surface area (Å²) < 4.78 is 0. The van der Waals surface area contributed by atoms with Crippen LogP contribution < -0.4 is 16.0 Å². The number of carbonyl (C=O) groups is 2. The highest BCUT2D eigenvalue weighted by Crippen LogP contribution is 2.20. The molecular weight excluding hydrogens is 278 g/mol. The molecule has 3 N–H and O–H groups in total. The third-order valence-corrected chi connectivity index (χ3v) is 3.78. The van der Waals surface area contributed by atoms with Gasteiger partial charge in [0.2, 0.25) is 0 Å². The van der Waals surface area contributed by atoms with Crippen LogP contribution in [-0.2, 0) is 0 Å². The average molecular weight is 303 g/mol. The van der Waals surface area contributed by atoms with Crippen molar-refractivity contribution in [1.29, 1.82) is 0 Å². The number of rotatable bonds is 4. The zero-order valence-electron chi connectivity index (χ0n) is 13.3. The van der Waals surface area contributed by atoms with E-state index in [-0.39, 0.29) is 24.0 Å². The first-order valence-corrected chi connectivity index (χ1v) is 8.03. The largest absolute Gasteiger partial charge is 0.349 e. The minimum absolute atomic E-state index is 0.0447. The summed E-state index contributed by atoms with van der Waals surface area (Å²) in [6.45, 7) is 3.78. The van der Waals surface area contributed by atoms with E-state index in [4.69, 9.17) is 0 Å². The van der Waals surface area contributed by atoms with E-state index < -0.39 is 0 Å². The first kappa shape index (κ1) is 16.3. The van der Waals surface area contributed by atoms with E-state index in [9.17, 15) is 9.59 Å². The van der Waals surface area contributed by atoms with Crippen LogP contribution in [0.15, 0.2) is 24.3 Å². The predicted molar refractivity (Wildman–Crippen MR) is 88.1 cm³/mol. The maximum Gasteiger partial charge on any atom is 0.319 e. The molecule has 0 atom stereocenters. The van der Waals surface area contributed by atoms with E-state index in [0.29, 0.717) is 11.3 Å². The van der Waals surface area contributed by atoms with Gasteiger partial charge in [-0.1, -0.05) is 31.4 Å². The first-order chi connectivity index (χ1) is 10.6. The molecule has 0 aliphatic heterocycles. The fourth-order valence-corrected chi connectivity index (χ4v) is 2.72. The summed E-state index contributed by atoms with van der Waals surface area (Å²) in [5, 5.41) is 8.59. The third-order valence-electron chi connectivity index (χ3n) is 3.78. The normalized spacial score (nSPS) is 15.4. The Labute approximate surface area is 131 Å². The molecule has 1 aromatic rings. The molecule has 1 aromatic carbocycles. The number of hydrogen-bond donors (Lipinski definition) is 3. The zero-order valence-corrected chi connectivity index (χ0v) is 13.3. The molecule has 3 amide bonds. The molecule has 0 saturated heterocycles. The summed E-state index contributed by atoms with van der Waals surface area (Å²) in [6.07, 6.45) is 5.66. The third kappa shape index (κ3) is 4.76. The van der Waals surface area contributed by atoms with Crippen LogP contribution in [0.3, 0.4) is 0 Å². The average Bonchev–Trinajstić information content (AvgIpc) is 2.47. The van der Waals surface area contributed by atoms with Crippen molar-refractivity contribution in [3.63, 3.8) is 0 Å². The maximum absolute atomic E-state index is 12.5. The molecule has 0 bridgehead atoms. The summed E-state index contributed by atoms with van der Waals surface area (Å²) in [7, 11) is 0. The SMILES string of the molecule is CC(C)NC(=O)Nc1ccccc1C(=O)NC1CCCCC1. The van der Waals surface area contributed by atoms with Crippen LogP contribution >= 0.6 is 0 Å². The van der Waals surface area contributed by atoms with Gasteiger partial charge < -0.3 is 16.0 Å². The number of nitrogens with one attached hydrogen (secondary N) is 3. The molecule has 0 heterocycles. The molecule has 0 unspecified atom stereocenters. The van der Waals surface area contributed by atoms with Gasteiger partial charge in [0.15, 0.2) is 0 Å². The van der Waals surface area contributed by atoms with E-state index in [0.717, 1.165) is 12.8 Å². The van der Waals surface area contributed by atoms with Crippen molar-refractivity contribution < 1.29 is 9.59 Å². The van der Waals surface area contributed by atoms with E-state index in [1.54, 1.807) is 18.2 Å². The Kier molecular flexibility index (Phi) is 5.81. The quantitative estimate of drug-likeness (QED) is 0.799. The Hall–Kier alpha value is -2.04. The number of benzene rings is 1. The van der Waals surface area contributed by atoms with Crippen LogP contribution in [0.1, 0.15) is 56.3 Å². The fourth-order valence-electron chi connectivity index (χ4n) is 2.72. The lowest BCUT2D eigenvalue weighted by Gasteiger charge is -2.23. The Morgan fingerprint density at radius 1 is 1.09 bits per heavy atom. The second kappa shape index (κ2) is 7.82. The minimum atomic E-state index is -0.298.